The molecule has 0 bridgehead atoms. The SMILES string of the molecule is CCCNC(CSC(C)CC)Cc1cc(F)cc(F)c1. The Hall–Kier alpha value is -0.610. The first-order valence-corrected chi connectivity index (χ1v) is 8.40. The van der Waals surface area contributed by atoms with Gasteiger partial charge < -0.3 is 5.32 Å². The minimum absolute atomic E-state index is 0.259. The fourth-order valence-corrected chi connectivity index (χ4v) is 2.98. The van der Waals surface area contributed by atoms with Gasteiger partial charge in [-0.15, -0.1) is 0 Å². The second-order valence-corrected chi connectivity index (χ2v) is 6.66. The maximum Gasteiger partial charge on any atom is 0.126 e. The van der Waals surface area contributed by atoms with Crippen molar-refractivity contribution in [2.45, 2.75) is 51.3 Å². The molecule has 0 fully saturated rings. The van der Waals surface area contributed by atoms with Gasteiger partial charge in [0.2, 0.25) is 0 Å². The summed E-state index contributed by atoms with van der Waals surface area (Å²) in [5.74, 6) is -0.0275. The molecule has 2 unspecified atom stereocenters. The zero-order valence-corrected chi connectivity index (χ0v) is 13.4. The number of hydrogen-bond acceptors (Lipinski definition) is 2. The van der Waals surface area contributed by atoms with E-state index in [1.165, 1.54) is 12.1 Å². The van der Waals surface area contributed by atoms with E-state index in [0.717, 1.165) is 36.8 Å². The molecule has 0 saturated heterocycles. The molecule has 0 amide bonds. The summed E-state index contributed by atoms with van der Waals surface area (Å²) in [7, 11) is 0. The van der Waals surface area contributed by atoms with Crippen molar-refractivity contribution in [3.8, 4) is 0 Å². The molecule has 0 aliphatic rings. The molecule has 0 saturated carbocycles. The Morgan fingerprint density at radius 1 is 1.15 bits per heavy atom. The lowest BCUT2D eigenvalue weighted by molar-refractivity contribution is 0.540. The van der Waals surface area contributed by atoms with Crippen molar-refractivity contribution in [2.75, 3.05) is 12.3 Å². The van der Waals surface area contributed by atoms with E-state index in [2.05, 4.69) is 26.1 Å². The van der Waals surface area contributed by atoms with E-state index < -0.39 is 11.6 Å². The van der Waals surface area contributed by atoms with Gasteiger partial charge in [0.25, 0.3) is 0 Å². The minimum Gasteiger partial charge on any atom is -0.313 e. The number of rotatable bonds is 9. The van der Waals surface area contributed by atoms with Gasteiger partial charge in [-0.1, -0.05) is 20.8 Å². The van der Waals surface area contributed by atoms with E-state index in [0.29, 0.717) is 11.7 Å². The lowest BCUT2D eigenvalue weighted by atomic mass is 10.1. The fraction of sp³-hybridized carbons (Fsp3) is 0.625. The summed E-state index contributed by atoms with van der Waals surface area (Å²) in [4.78, 5) is 0. The normalized spacial score (nSPS) is 14.2. The number of hydrogen-bond donors (Lipinski definition) is 1. The van der Waals surface area contributed by atoms with Gasteiger partial charge in [0.15, 0.2) is 0 Å². The maximum absolute atomic E-state index is 13.2. The molecule has 0 radical (unpaired) electrons. The van der Waals surface area contributed by atoms with Crippen LogP contribution in [-0.4, -0.2) is 23.6 Å². The average molecular weight is 301 g/mol. The Morgan fingerprint density at radius 2 is 1.80 bits per heavy atom. The van der Waals surface area contributed by atoms with Crippen LogP contribution in [0.4, 0.5) is 8.78 Å². The molecule has 1 nitrogen and oxygen atoms in total. The van der Waals surface area contributed by atoms with Crippen molar-refractivity contribution in [3.05, 3.63) is 35.4 Å². The molecule has 0 spiro atoms. The number of halogens is 2. The van der Waals surface area contributed by atoms with E-state index >= 15 is 0 Å². The molecule has 0 aliphatic carbocycles. The zero-order valence-electron chi connectivity index (χ0n) is 12.6. The van der Waals surface area contributed by atoms with Gasteiger partial charge >= 0.3 is 0 Å². The molecule has 1 N–H and O–H groups in total. The van der Waals surface area contributed by atoms with Crippen molar-refractivity contribution in [1.29, 1.82) is 0 Å². The number of nitrogens with one attached hydrogen (secondary N) is 1. The lowest BCUT2D eigenvalue weighted by Crippen LogP contribution is -2.34. The molecule has 114 valence electrons. The van der Waals surface area contributed by atoms with Crippen molar-refractivity contribution in [2.24, 2.45) is 0 Å². The summed E-state index contributed by atoms with van der Waals surface area (Å²) in [5.41, 5.74) is 0.723. The Bertz CT molecular complexity index is 378. The first-order chi connectivity index (χ1) is 9.55. The van der Waals surface area contributed by atoms with Crippen LogP contribution < -0.4 is 5.32 Å². The maximum atomic E-state index is 13.2. The van der Waals surface area contributed by atoms with Gasteiger partial charge in [-0.2, -0.15) is 11.8 Å². The van der Waals surface area contributed by atoms with Crippen LogP contribution in [0, 0.1) is 11.6 Å². The highest BCUT2D eigenvalue weighted by Crippen LogP contribution is 2.17. The summed E-state index contributed by atoms with van der Waals surface area (Å²) in [6, 6.07) is 4.04. The summed E-state index contributed by atoms with van der Waals surface area (Å²) in [6.07, 6.45) is 2.86. The molecule has 0 heterocycles. The van der Waals surface area contributed by atoms with E-state index in [9.17, 15) is 8.78 Å². The van der Waals surface area contributed by atoms with Crippen molar-refractivity contribution in [1.82, 2.24) is 5.32 Å². The molecule has 20 heavy (non-hydrogen) atoms. The molecule has 1 aromatic rings. The molecule has 0 aromatic heterocycles. The van der Waals surface area contributed by atoms with Gasteiger partial charge in [0.05, 0.1) is 0 Å². The third-order valence-electron chi connectivity index (χ3n) is 3.24. The van der Waals surface area contributed by atoms with Crippen molar-refractivity contribution >= 4 is 11.8 Å². The first kappa shape index (κ1) is 17.4. The quantitative estimate of drug-likeness (QED) is 0.725. The Labute approximate surface area is 125 Å². The van der Waals surface area contributed by atoms with Crippen LogP contribution in [-0.2, 0) is 6.42 Å². The molecule has 4 heteroatoms. The summed E-state index contributed by atoms with van der Waals surface area (Å²) in [6.45, 7) is 7.44. The Morgan fingerprint density at radius 3 is 2.35 bits per heavy atom. The summed E-state index contributed by atoms with van der Waals surface area (Å²) in [5, 5.41) is 4.09. The van der Waals surface area contributed by atoms with Gasteiger partial charge in [0, 0.05) is 23.1 Å². The summed E-state index contributed by atoms with van der Waals surface area (Å²) < 4.78 is 26.5. The third-order valence-corrected chi connectivity index (χ3v) is 4.74. The molecule has 0 aliphatic heterocycles. The average Bonchev–Trinajstić information content (AvgIpc) is 2.40. The topological polar surface area (TPSA) is 12.0 Å². The van der Waals surface area contributed by atoms with Crippen LogP contribution in [0.25, 0.3) is 0 Å². The molecular weight excluding hydrogens is 276 g/mol. The first-order valence-electron chi connectivity index (χ1n) is 7.35. The van der Waals surface area contributed by atoms with E-state index in [1.807, 2.05) is 11.8 Å². The molecule has 1 rings (SSSR count). The second-order valence-electron chi connectivity index (χ2n) is 5.19. The standard InChI is InChI=1S/C16H25F2NS/c1-4-6-19-16(11-20-12(3)5-2)9-13-7-14(17)10-15(18)8-13/h7-8,10,12,16,19H,4-6,9,11H2,1-3H3. The summed E-state index contributed by atoms with van der Waals surface area (Å²) >= 11 is 1.91. The predicted octanol–water partition coefficient (Wildman–Crippen LogP) is 4.41. The number of thioether (sulfide) groups is 1. The van der Waals surface area contributed by atoms with Crippen LogP contribution in [0.15, 0.2) is 18.2 Å². The Balaban J connectivity index is 2.62. The smallest absolute Gasteiger partial charge is 0.126 e. The Kier molecular flexibility index (Phi) is 8.15. The molecule has 2 atom stereocenters. The predicted molar refractivity (Wildman–Crippen MR) is 84.4 cm³/mol. The van der Waals surface area contributed by atoms with Crippen LogP contribution in [0.1, 0.15) is 39.2 Å². The number of benzene rings is 1. The van der Waals surface area contributed by atoms with Gasteiger partial charge in [-0.05, 0) is 43.5 Å². The fourth-order valence-electron chi connectivity index (χ4n) is 1.95. The van der Waals surface area contributed by atoms with E-state index in [1.54, 1.807) is 0 Å². The highest BCUT2D eigenvalue weighted by atomic mass is 32.2. The third kappa shape index (κ3) is 6.71. The van der Waals surface area contributed by atoms with Crippen molar-refractivity contribution < 1.29 is 8.78 Å². The monoisotopic (exact) mass is 301 g/mol. The van der Waals surface area contributed by atoms with E-state index in [4.69, 9.17) is 0 Å². The van der Waals surface area contributed by atoms with Crippen LogP contribution >= 0.6 is 11.8 Å². The lowest BCUT2D eigenvalue weighted by Gasteiger charge is -2.20. The highest BCUT2D eigenvalue weighted by molar-refractivity contribution is 7.99. The van der Waals surface area contributed by atoms with Gasteiger partial charge in [-0.25, -0.2) is 8.78 Å². The minimum atomic E-state index is -0.496. The van der Waals surface area contributed by atoms with Gasteiger partial charge in [-0.3, -0.25) is 0 Å². The largest absolute Gasteiger partial charge is 0.313 e. The van der Waals surface area contributed by atoms with Crippen molar-refractivity contribution in [3.63, 3.8) is 0 Å². The van der Waals surface area contributed by atoms with E-state index in [-0.39, 0.29) is 6.04 Å². The van der Waals surface area contributed by atoms with Gasteiger partial charge in [0.1, 0.15) is 11.6 Å². The molecular formula is C16H25F2NS. The highest BCUT2D eigenvalue weighted by Gasteiger charge is 2.12. The molecule has 1 aromatic carbocycles. The second kappa shape index (κ2) is 9.35. The zero-order chi connectivity index (χ0) is 15.0. The van der Waals surface area contributed by atoms with Crippen LogP contribution in [0.3, 0.4) is 0 Å². The van der Waals surface area contributed by atoms with Crippen LogP contribution in [0.2, 0.25) is 0 Å². The van der Waals surface area contributed by atoms with Crippen LogP contribution in [0.5, 0.6) is 0 Å².